The molecule has 9 N–H and O–H groups in total. The fourth-order valence-corrected chi connectivity index (χ4v) is 3.54. The van der Waals surface area contributed by atoms with Gasteiger partial charge in [0.2, 0.25) is 0 Å². The first-order chi connectivity index (χ1) is 12.8. The van der Waals surface area contributed by atoms with Gasteiger partial charge in [0.15, 0.2) is 0 Å². The molecule has 0 aromatic rings. The Morgan fingerprint density at radius 3 is 1.78 bits per heavy atom. The van der Waals surface area contributed by atoms with E-state index in [0.717, 1.165) is 0 Å². The van der Waals surface area contributed by atoms with Crippen molar-refractivity contribution < 1.29 is 40.9 Å². The predicted molar refractivity (Wildman–Crippen MR) is 97.9 cm³/mol. The zero-order valence-electron chi connectivity index (χ0n) is 15.8. The third kappa shape index (κ3) is 8.68. The van der Waals surface area contributed by atoms with Crippen molar-refractivity contribution in [2.75, 3.05) is 13.2 Å². The molecule has 27 heavy (non-hydrogen) atoms. The highest BCUT2D eigenvalue weighted by Gasteiger charge is 2.43. The van der Waals surface area contributed by atoms with Crippen LogP contribution in [0.25, 0.3) is 0 Å². The summed E-state index contributed by atoms with van der Waals surface area (Å²) in [6.45, 7) is -0.600. The maximum Gasteiger partial charge on any atom is 0.0993 e. The van der Waals surface area contributed by atoms with E-state index in [1.807, 2.05) is 0 Å². The molecule has 1 rings (SSSR count). The molecule has 0 bridgehead atoms. The molecule has 162 valence electrons. The molecule has 0 aromatic carbocycles. The molecule has 8 atom stereocenters. The van der Waals surface area contributed by atoms with Gasteiger partial charge in [0, 0.05) is 0 Å². The van der Waals surface area contributed by atoms with Crippen molar-refractivity contribution in [3.05, 3.63) is 0 Å². The van der Waals surface area contributed by atoms with Gasteiger partial charge in [-0.15, -0.1) is 0 Å². The lowest BCUT2D eigenvalue weighted by atomic mass is 9.97. The minimum atomic E-state index is -1.16. The van der Waals surface area contributed by atoms with Crippen LogP contribution in [-0.2, 0) is 0 Å². The summed E-state index contributed by atoms with van der Waals surface area (Å²) >= 11 is 0. The van der Waals surface area contributed by atoms with E-state index in [0.29, 0.717) is 44.9 Å². The Balaban J connectivity index is 2.16. The zero-order chi connectivity index (χ0) is 20.4. The first kappa shape index (κ1) is 24.7. The van der Waals surface area contributed by atoms with Gasteiger partial charge >= 0.3 is 0 Å². The molecule has 9 nitrogen and oxygen atoms in total. The highest BCUT2D eigenvalue weighted by atomic mass is 16.3. The Hall–Kier alpha value is -0.360. The number of hydrogen-bond acceptors (Lipinski definition) is 9. The van der Waals surface area contributed by atoms with Crippen LogP contribution in [0.3, 0.4) is 0 Å². The number of aliphatic hydroxyl groups excluding tert-OH is 8. The Labute approximate surface area is 160 Å². The topological polar surface area (TPSA) is 174 Å². The molecule has 0 radical (unpaired) electrons. The van der Waals surface area contributed by atoms with Crippen molar-refractivity contribution in [1.82, 2.24) is 5.32 Å². The van der Waals surface area contributed by atoms with Gasteiger partial charge < -0.3 is 46.2 Å². The average Bonchev–Trinajstić information content (AvgIpc) is 2.93. The van der Waals surface area contributed by atoms with Crippen LogP contribution in [0.2, 0.25) is 0 Å². The lowest BCUT2D eigenvalue weighted by molar-refractivity contribution is -0.00540. The summed E-state index contributed by atoms with van der Waals surface area (Å²) in [5, 5.41) is 79.6. The maximum absolute atomic E-state index is 10.2. The standard InChI is InChI=1S/C18H37NO8/c20-9-13(24)5-2-1-4-11(22)8-12(23)6-3-7-15(25)16-18(27)17(26)14(10-21)19-16/h11-27H,1-10H2/t11-,12+,13+,14+,15+,16+,17+,18+/m0/s1. The van der Waals surface area contributed by atoms with Crippen molar-refractivity contribution in [2.24, 2.45) is 0 Å². The van der Waals surface area contributed by atoms with Crippen LogP contribution in [0.1, 0.15) is 51.4 Å². The zero-order valence-corrected chi connectivity index (χ0v) is 15.8. The highest BCUT2D eigenvalue weighted by Crippen LogP contribution is 2.21. The number of hydrogen-bond donors (Lipinski definition) is 9. The minimum Gasteiger partial charge on any atom is -0.395 e. The summed E-state index contributed by atoms with van der Waals surface area (Å²) in [4.78, 5) is 0. The Morgan fingerprint density at radius 2 is 1.26 bits per heavy atom. The molecule has 1 heterocycles. The third-order valence-electron chi connectivity index (χ3n) is 5.26. The van der Waals surface area contributed by atoms with Crippen LogP contribution >= 0.6 is 0 Å². The van der Waals surface area contributed by atoms with Gasteiger partial charge in [-0.3, -0.25) is 0 Å². The predicted octanol–water partition coefficient (Wildman–Crippen LogP) is -2.40. The van der Waals surface area contributed by atoms with E-state index in [1.54, 1.807) is 0 Å². The largest absolute Gasteiger partial charge is 0.395 e. The van der Waals surface area contributed by atoms with Crippen molar-refractivity contribution >= 4 is 0 Å². The van der Waals surface area contributed by atoms with E-state index in [1.165, 1.54) is 0 Å². The number of aliphatic hydroxyl groups is 8. The first-order valence-electron chi connectivity index (χ1n) is 9.86. The van der Waals surface area contributed by atoms with Gasteiger partial charge in [0.05, 0.1) is 61.9 Å². The second-order valence-electron chi connectivity index (χ2n) is 7.63. The first-order valence-corrected chi connectivity index (χ1v) is 9.86. The average molecular weight is 395 g/mol. The van der Waals surface area contributed by atoms with Gasteiger partial charge in [-0.05, 0) is 38.5 Å². The Bertz CT molecular complexity index is 388. The highest BCUT2D eigenvalue weighted by molar-refractivity contribution is 5.00. The van der Waals surface area contributed by atoms with Crippen LogP contribution < -0.4 is 5.32 Å². The molecule has 0 aliphatic carbocycles. The maximum atomic E-state index is 10.2. The fraction of sp³-hybridized carbons (Fsp3) is 1.00. The lowest BCUT2D eigenvalue weighted by Crippen LogP contribution is -2.44. The molecule has 0 spiro atoms. The molecular weight excluding hydrogens is 358 g/mol. The second kappa shape index (κ2) is 13.0. The molecule has 0 saturated carbocycles. The van der Waals surface area contributed by atoms with Crippen LogP contribution in [-0.4, -0.2) is 103 Å². The van der Waals surface area contributed by atoms with E-state index in [4.69, 9.17) is 10.2 Å². The molecule has 0 unspecified atom stereocenters. The van der Waals surface area contributed by atoms with Gasteiger partial charge in [-0.25, -0.2) is 0 Å². The van der Waals surface area contributed by atoms with E-state index >= 15 is 0 Å². The molecule has 1 aliphatic rings. The van der Waals surface area contributed by atoms with E-state index in [-0.39, 0.29) is 19.6 Å². The summed E-state index contributed by atoms with van der Waals surface area (Å²) < 4.78 is 0. The van der Waals surface area contributed by atoms with Gasteiger partial charge in [-0.1, -0.05) is 12.8 Å². The molecule has 0 amide bonds. The second-order valence-corrected chi connectivity index (χ2v) is 7.63. The molecule has 9 heteroatoms. The van der Waals surface area contributed by atoms with E-state index < -0.39 is 48.7 Å². The summed E-state index contributed by atoms with van der Waals surface area (Å²) in [5.41, 5.74) is 0. The van der Waals surface area contributed by atoms with Crippen LogP contribution in [0.15, 0.2) is 0 Å². The number of unbranched alkanes of at least 4 members (excludes halogenated alkanes) is 1. The Kier molecular flexibility index (Phi) is 11.9. The molecular formula is C18H37NO8. The van der Waals surface area contributed by atoms with Gasteiger partial charge in [0.25, 0.3) is 0 Å². The van der Waals surface area contributed by atoms with Crippen molar-refractivity contribution in [3.8, 4) is 0 Å². The monoisotopic (exact) mass is 395 g/mol. The van der Waals surface area contributed by atoms with E-state index in [2.05, 4.69) is 5.32 Å². The van der Waals surface area contributed by atoms with Crippen molar-refractivity contribution in [1.29, 1.82) is 0 Å². The Morgan fingerprint density at radius 1 is 0.704 bits per heavy atom. The summed E-state index contributed by atoms with van der Waals surface area (Å²) in [7, 11) is 0. The summed E-state index contributed by atoms with van der Waals surface area (Å²) in [6, 6.07) is -1.40. The van der Waals surface area contributed by atoms with E-state index in [9.17, 15) is 30.6 Å². The van der Waals surface area contributed by atoms with Gasteiger partial charge in [0.1, 0.15) is 0 Å². The van der Waals surface area contributed by atoms with Crippen LogP contribution in [0.5, 0.6) is 0 Å². The molecule has 1 fully saturated rings. The number of nitrogens with one attached hydrogen (secondary N) is 1. The normalized spacial score (nSPS) is 30.2. The quantitative estimate of drug-likeness (QED) is 0.145. The molecule has 1 saturated heterocycles. The summed E-state index contributed by atoms with van der Waals surface area (Å²) in [5.74, 6) is 0. The minimum absolute atomic E-state index is 0.230. The van der Waals surface area contributed by atoms with Crippen LogP contribution in [0, 0.1) is 0 Å². The molecule has 0 aromatic heterocycles. The smallest absolute Gasteiger partial charge is 0.0993 e. The molecule has 1 aliphatic heterocycles. The summed E-state index contributed by atoms with van der Waals surface area (Å²) in [6.07, 6.45) is -1.46. The fourth-order valence-electron chi connectivity index (χ4n) is 3.54. The number of rotatable bonds is 14. The van der Waals surface area contributed by atoms with Crippen LogP contribution in [0.4, 0.5) is 0 Å². The van der Waals surface area contributed by atoms with Crippen molar-refractivity contribution in [3.63, 3.8) is 0 Å². The van der Waals surface area contributed by atoms with Crippen molar-refractivity contribution in [2.45, 2.75) is 100 Å². The third-order valence-corrected chi connectivity index (χ3v) is 5.26. The lowest BCUT2D eigenvalue weighted by Gasteiger charge is -2.23. The van der Waals surface area contributed by atoms with Gasteiger partial charge in [-0.2, -0.15) is 0 Å². The SMILES string of the molecule is OC[C@H](O)CCCC[C@H](O)C[C@H](O)CCC[C@@H](O)[C@H]1N[C@H](CO)[C@@H](O)[C@@H]1O.